The second kappa shape index (κ2) is 8.00. The highest BCUT2D eigenvalue weighted by atomic mass is 16.5. The first-order valence-electron chi connectivity index (χ1n) is 9.31. The quantitative estimate of drug-likeness (QED) is 0.803. The summed E-state index contributed by atoms with van der Waals surface area (Å²) < 4.78 is 12.7. The highest BCUT2D eigenvalue weighted by molar-refractivity contribution is 5.92. The summed E-state index contributed by atoms with van der Waals surface area (Å²) in [5, 5.41) is 7.41. The predicted octanol–water partition coefficient (Wildman–Crippen LogP) is 1.41. The number of nitrogens with zero attached hydrogens (tertiary/aromatic N) is 2. The molecule has 7 heteroatoms. The van der Waals surface area contributed by atoms with Gasteiger partial charge in [-0.2, -0.15) is 5.10 Å². The van der Waals surface area contributed by atoms with Gasteiger partial charge in [0, 0.05) is 26.0 Å². The van der Waals surface area contributed by atoms with Gasteiger partial charge in [0.05, 0.1) is 43.4 Å². The Morgan fingerprint density at radius 1 is 1.33 bits per heavy atom. The minimum atomic E-state index is 0.0172. The lowest BCUT2D eigenvalue weighted by Gasteiger charge is -2.23. The van der Waals surface area contributed by atoms with Crippen LogP contribution in [0.4, 0.5) is 5.69 Å². The molecule has 1 aromatic heterocycles. The molecule has 1 aliphatic rings. The number of amides is 1. The maximum atomic E-state index is 12.7. The fraction of sp³-hybridized carbons (Fsp3) is 0.500. The molecule has 0 radical (unpaired) electrons. The average Bonchev–Trinajstić information content (AvgIpc) is 3.20. The van der Waals surface area contributed by atoms with Crippen LogP contribution in [0.5, 0.6) is 11.5 Å². The molecule has 0 spiro atoms. The monoisotopic (exact) mass is 373 g/mol. The van der Waals surface area contributed by atoms with Crippen LogP contribution in [0.15, 0.2) is 18.2 Å². The second-order valence-corrected chi connectivity index (χ2v) is 7.11. The SMILES string of the molecule is COc1ccc([C@@H]2CCC[NH+]2CC(=O)Nc2c(C)nn(C)c2C)c(OC)c1. The van der Waals surface area contributed by atoms with Crippen LogP contribution in [0.25, 0.3) is 0 Å². The van der Waals surface area contributed by atoms with E-state index in [0.717, 1.165) is 53.5 Å². The number of likely N-dealkylation sites (tertiary alicyclic amines) is 1. The largest absolute Gasteiger partial charge is 0.497 e. The van der Waals surface area contributed by atoms with E-state index in [1.165, 1.54) is 4.90 Å². The highest BCUT2D eigenvalue weighted by Crippen LogP contribution is 2.31. The number of rotatable bonds is 6. The number of aromatic nitrogens is 2. The number of carbonyl (C=O) groups excluding carboxylic acids is 1. The van der Waals surface area contributed by atoms with Crippen molar-refractivity contribution in [1.29, 1.82) is 0 Å². The number of anilines is 1. The molecule has 27 heavy (non-hydrogen) atoms. The summed E-state index contributed by atoms with van der Waals surface area (Å²) in [6, 6.07) is 6.16. The molecule has 0 bridgehead atoms. The third-order valence-electron chi connectivity index (χ3n) is 5.46. The van der Waals surface area contributed by atoms with Crippen LogP contribution in [-0.4, -0.2) is 43.0 Å². The van der Waals surface area contributed by atoms with Crippen LogP contribution in [-0.2, 0) is 11.8 Å². The molecule has 0 saturated carbocycles. The van der Waals surface area contributed by atoms with E-state index < -0.39 is 0 Å². The van der Waals surface area contributed by atoms with E-state index in [1.54, 1.807) is 18.9 Å². The number of quaternary nitrogens is 1. The summed E-state index contributed by atoms with van der Waals surface area (Å²) in [4.78, 5) is 14.0. The van der Waals surface area contributed by atoms with Gasteiger partial charge in [0.25, 0.3) is 5.91 Å². The van der Waals surface area contributed by atoms with Crippen molar-refractivity contribution in [2.75, 3.05) is 32.6 Å². The van der Waals surface area contributed by atoms with Crippen molar-refractivity contribution in [3.63, 3.8) is 0 Å². The molecule has 7 nitrogen and oxygen atoms in total. The summed E-state index contributed by atoms with van der Waals surface area (Å²) in [6.45, 7) is 5.27. The molecule has 1 aliphatic heterocycles. The number of hydrogen-bond acceptors (Lipinski definition) is 4. The van der Waals surface area contributed by atoms with Gasteiger partial charge in [-0.15, -0.1) is 0 Å². The Labute approximate surface area is 160 Å². The number of nitrogens with one attached hydrogen (secondary N) is 2. The van der Waals surface area contributed by atoms with Gasteiger partial charge in [0.2, 0.25) is 0 Å². The standard InChI is InChI=1S/C20H28N4O3/c1-13-20(14(2)23(3)22-13)21-19(25)12-24-10-6-7-17(24)16-9-8-15(26-4)11-18(16)27-5/h8-9,11,17H,6-7,10,12H2,1-5H3,(H,21,25)/p+1/t17-/m0/s1. The molecule has 1 saturated heterocycles. The number of benzene rings is 1. The zero-order valence-corrected chi connectivity index (χ0v) is 16.8. The lowest BCUT2D eigenvalue weighted by molar-refractivity contribution is -0.910. The Morgan fingerprint density at radius 3 is 2.74 bits per heavy atom. The van der Waals surface area contributed by atoms with Crippen molar-refractivity contribution in [1.82, 2.24) is 9.78 Å². The lowest BCUT2D eigenvalue weighted by atomic mass is 10.0. The normalized spacial score (nSPS) is 19.1. The first-order valence-corrected chi connectivity index (χ1v) is 9.31. The van der Waals surface area contributed by atoms with Gasteiger partial charge in [-0.1, -0.05) is 0 Å². The molecule has 3 rings (SSSR count). The molecule has 2 N–H and O–H groups in total. The van der Waals surface area contributed by atoms with Crippen LogP contribution in [0.3, 0.4) is 0 Å². The molecule has 1 amide bonds. The molecule has 1 fully saturated rings. The molecule has 1 aromatic carbocycles. The van der Waals surface area contributed by atoms with E-state index in [1.807, 2.05) is 33.0 Å². The van der Waals surface area contributed by atoms with Gasteiger partial charge in [-0.05, 0) is 26.0 Å². The van der Waals surface area contributed by atoms with E-state index in [0.29, 0.717) is 6.54 Å². The zero-order chi connectivity index (χ0) is 19.6. The minimum Gasteiger partial charge on any atom is -0.497 e. The van der Waals surface area contributed by atoms with E-state index >= 15 is 0 Å². The summed E-state index contributed by atoms with van der Waals surface area (Å²) in [7, 11) is 5.21. The molecular formula is C20H29N4O3+. The maximum absolute atomic E-state index is 12.7. The molecule has 2 aromatic rings. The third-order valence-corrected chi connectivity index (χ3v) is 5.46. The Hall–Kier alpha value is -2.54. The van der Waals surface area contributed by atoms with Crippen LogP contribution >= 0.6 is 0 Å². The van der Waals surface area contributed by atoms with E-state index in [4.69, 9.17) is 9.47 Å². The van der Waals surface area contributed by atoms with E-state index in [-0.39, 0.29) is 11.9 Å². The van der Waals surface area contributed by atoms with Gasteiger partial charge >= 0.3 is 0 Å². The average molecular weight is 373 g/mol. The summed E-state index contributed by atoms with van der Waals surface area (Å²) in [6.07, 6.45) is 2.13. The number of hydrogen-bond donors (Lipinski definition) is 2. The Kier molecular flexibility index (Phi) is 5.70. The lowest BCUT2D eigenvalue weighted by Crippen LogP contribution is -3.11. The van der Waals surface area contributed by atoms with Gasteiger partial charge in [0.15, 0.2) is 6.54 Å². The Balaban J connectivity index is 1.74. The topological polar surface area (TPSA) is 69.8 Å². The summed E-state index contributed by atoms with van der Waals surface area (Å²) in [5.74, 6) is 1.61. The molecule has 2 heterocycles. The van der Waals surface area contributed by atoms with Crippen LogP contribution in [0.2, 0.25) is 0 Å². The third kappa shape index (κ3) is 3.93. The minimum absolute atomic E-state index is 0.0172. The maximum Gasteiger partial charge on any atom is 0.279 e. The molecule has 1 unspecified atom stereocenters. The number of carbonyl (C=O) groups is 1. The number of aryl methyl sites for hydroxylation is 2. The fourth-order valence-corrected chi connectivity index (χ4v) is 3.95. The number of ether oxygens (including phenoxy) is 2. The van der Waals surface area contributed by atoms with Crippen molar-refractivity contribution in [2.45, 2.75) is 32.7 Å². The number of methoxy groups -OCH3 is 2. The zero-order valence-electron chi connectivity index (χ0n) is 16.8. The smallest absolute Gasteiger partial charge is 0.279 e. The van der Waals surface area contributed by atoms with Crippen LogP contribution < -0.4 is 19.7 Å². The molecular weight excluding hydrogens is 344 g/mol. The van der Waals surface area contributed by atoms with E-state index in [2.05, 4.69) is 16.5 Å². The molecule has 146 valence electrons. The van der Waals surface area contributed by atoms with Crippen molar-refractivity contribution >= 4 is 11.6 Å². The Bertz CT molecular complexity index is 831. The van der Waals surface area contributed by atoms with Gasteiger partial charge in [0.1, 0.15) is 17.5 Å². The Morgan fingerprint density at radius 2 is 2.11 bits per heavy atom. The summed E-state index contributed by atoms with van der Waals surface area (Å²) >= 11 is 0. The highest BCUT2D eigenvalue weighted by Gasteiger charge is 2.34. The predicted molar refractivity (Wildman–Crippen MR) is 104 cm³/mol. The summed E-state index contributed by atoms with van der Waals surface area (Å²) in [5.41, 5.74) is 3.76. The van der Waals surface area contributed by atoms with Crippen LogP contribution in [0.1, 0.15) is 35.8 Å². The second-order valence-electron chi connectivity index (χ2n) is 7.11. The molecule has 2 atom stereocenters. The van der Waals surface area contributed by atoms with Gasteiger partial charge in [-0.3, -0.25) is 9.48 Å². The molecule has 0 aliphatic carbocycles. The van der Waals surface area contributed by atoms with Gasteiger partial charge < -0.3 is 19.7 Å². The van der Waals surface area contributed by atoms with E-state index in [9.17, 15) is 4.79 Å². The van der Waals surface area contributed by atoms with Crippen molar-refractivity contribution in [2.24, 2.45) is 7.05 Å². The van der Waals surface area contributed by atoms with Crippen molar-refractivity contribution < 1.29 is 19.2 Å². The van der Waals surface area contributed by atoms with Crippen molar-refractivity contribution in [3.05, 3.63) is 35.2 Å². The van der Waals surface area contributed by atoms with Gasteiger partial charge in [-0.25, -0.2) is 0 Å². The first kappa shape index (κ1) is 19.2. The fourth-order valence-electron chi connectivity index (χ4n) is 3.95. The van der Waals surface area contributed by atoms with Crippen LogP contribution in [0, 0.1) is 13.8 Å². The van der Waals surface area contributed by atoms with Crippen molar-refractivity contribution in [3.8, 4) is 11.5 Å². The first-order chi connectivity index (χ1) is 12.9.